The van der Waals surface area contributed by atoms with Crippen LogP contribution >= 0.6 is 11.6 Å². The van der Waals surface area contributed by atoms with Crippen molar-refractivity contribution in [3.8, 4) is 0 Å². The normalized spacial score (nSPS) is 44.1. The Morgan fingerprint density at radius 2 is 1.83 bits per heavy atom. The number of carbonyl (C=O) groups excluding carboxylic acids is 1. The molecule has 3 saturated carbocycles. The molecule has 0 aromatic rings. The van der Waals surface area contributed by atoms with Crippen molar-refractivity contribution < 1.29 is 4.79 Å². The summed E-state index contributed by atoms with van der Waals surface area (Å²) >= 11 is 5.89. The van der Waals surface area contributed by atoms with Gasteiger partial charge in [0.2, 0.25) is 5.24 Å². The fourth-order valence-corrected chi connectivity index (χ4v) is 9.07. The maximum Gasteiger partial charge on any atom is 0.225 e. The average Bonchev–Trinajstić information content (AvgIpc) is 3.04. The zero-order chi connectivity index (χ0) is 21.7. The first kappa shape index (κ1) is 22.9. The van der Waals surface area contributed by atoms with E-state index in [1.165, 1.54) is 57.8 Å². The summed E-state index contributed by atoms with van der Waals surface area (Å²) in [5.74, 6) is 5.33. The summed E-state index contributed by atoms with van der Waals surface area (Å²) < 4.78 is 0. The molecule has 0 aromatic heterocycles. The molecule has 4 rings (SSSR count). The Kier molecular flexibility index (Phi) is 6.53. The van der Waals surface area contributed by atoms with Gasteiger partial charge in [0.05, 0.1) is 0 Å². The van der Waals surface area contributed by atoms with Crippen LogP contribution in [0.3, 0.4) is 0 Å². The lowest BCUT2D eigenvalue weighted by molar-refractivity contribution is -0.116. The van der Waals surface area contributed by atoms with Gasteiger partial charge in [-0.15, -0.1) is 0 Å². The molecule has 8 atom stereocenters. The number of carbonyl (C=O) groups is 1. The Labute approximate surface area is 190 Å². The number of fused-ring (bicyclic) bond motifs is 5. The molecule has 4 aliphatic rings. The molecule has 0 heterocycles. The van der Waals surface area contributed by atoms with Crippen molar-refractivity contribution >= 4 is 16.8 Å². The molecule has 0 radical (unpaired) electrons. The molecule has 4 aliphatic carbocycles. The summed E-state index contributed by atoms with van der Waals surface area (Å²) in [6.07, 6.45) is 16.9. The maximum atomic E-state index is 11.8. The first-order valence-electron chi connectivity index (χ1n) is 13.1. The molecule has 3 fully saturated rings. The quantitative estimate of drug-likeness (QED) is 0.304. The fraction of sp³-hybridized carbons (Fsp3) is 0.893. The second-order valence-corrected chi connectivity index (χ2v) is 12.9. The van der Waals surface area contributed by atoms with Crippen LogP contribution in [-0.4, -0.2) is 5.24 Å². The van der Waals surface area contributed by atoms with Crippen molar-refractivity contribution in [1.82, 2.24) is 0 Å². The highest BCUT2D eigenvalue weighted by atomic mass is 35.5. The summed E-state index contributed by atoms with van der Waals surface area (Å²) in [6.45, 7) is 12.5. The first-order chi connectivity index (χ1) is 14.2. The minimum absolute atomic E-state index is 0.0685. The molecule has 0 saturated heterocycles. The lowest BCUT2D eigenvalue weighted by Gasteiger charge is -2.58. The van der Waals surface area contributed by atoms with Gasteiger partial charge in [-0.3, -0.25) is 4.79 Å². The number of rotatable bonds is 6. The van der Waals surface area contributed by atoms with Gasteiger partial charge in [-0.25, -0.2) is 0 Å². The largest absolute Gasteiger partial charge is 0.281 e. The standard InChI is InChI=1S/C28H45ClO/c1-18(2)7-6-8-19(3)23-11-12-24-22-10-9-21-17-20(26(29)30)13-15-27(21,4)25(22)14-16-28(23,24)5/h9,18-20,22-25H,6-8,10-17H2,1-5H3/t19-,20?,22+,23-,24+,25+,27+,28-/m1/s1. The van der Waals surface area contributed by atoms with Gasteiger partial charge in [-0.05, 0) is 109 Å². The van der Waals surface area contributed by atoms with E-state index >= 15 is 0 Å². The minimum Gasteiger partial charge on any atom is -0.281 e. The molecule has 0 aromatic carbocycles. The molecule has 0 aliphatic heterocycles. The summed E-state index contributed by atoms with van der Waals surface area (Å²) in [4.78, 5) is 11.8. The zero-order valence-corrected chi connectivity index (χ0v) is 20.9. The Morgan fingerprint density at radius 3 is 2.53 bits per heavy atom. The van der Waals surface area contributed by atoms with E-state index in [0.29, 0.717) is 10.8 Å². The second-order valence-electron chi connectivity index (χ2n) is 12.5. The van der Waals surface area contributed by atoms with E-state index in [1.54, 1.807) is 5.57 Å². The van der Waals surface area contributed by atoms with Crippen molar-refractivity contribution in [2.45, 2.75) is 105 Å². The van der Waals surface area contributed by atoms with Gasteiger partial charge in [0, 0.05) is 5.92 Å². The summed E-state index contributed by atoms with van der Waals surface area (Å²) in [6, 6.07) is 0. The van der Waals surface area contributed by atoms with E-state index in [0.717, 1.165) is 48.3 Å². The lowest BCUT2D eigenvalue weighted by atomic mass is 9.46. The Bertz CT molecular complexity index is 680. The van der Waals surface area contributed by atoms with E-state index in [-0.39, 0.29) is 11.2 Å². The molecule has 0 spiro atoms. The molecule has 0 amide bonds. The third kappa shape index (κ3) is 3.84. The van der Waals surface area contributed by atoms with Crippen LogP contribution < -0.4 is 0 Å². The highest BCUT2D eigenvalue weighted by molar-refractivity contribution is 6.64. The predicted molar refractivity (Wildman–Crippen MR) is 127 cm³/mol. The van der Waals surface area contributed by atoms with Crippen LogP contribution in [0.25, 0.3) is 0 Å². The monoisotopic (exact) mass is 432 g/mol. The van der Waals surface area contributed by atoms with Gasteiger partial charge in [-0.1, -0.05) is 65.5 Å². The summed E-state index contributed by atoms with van der Waals surface area (Å²) in [5.41, 5.74) is 2.46. The van der Waals surface area contributed by atoms with Gasteiger partial charge in [0.15, 0.2) is 0 Å². The third-order valence-electron chi connectivity index (χ3n) is 10.6. The van der Waals surface area contributed by atoms with Crippen LogP contribution in [0.4, 0.5) is 0 Å². The molecular weight excluding hydrogens is 388 g/mol. The third-order valence-corrected chi connectivity index (χ3v) is 10.9. The minimum atomic E-state index is -0.110. The Morgan fingerprint density at radius 1 is 1.07 bits per heavy atom. The van der Waals surface area contributed by atoms with Gasteiger partial charge in [-0.2, -0.15) is 0 Å². The van der Waals surface area contributed by atoms with E-state index < -0.39 is 0 Å². The molecule has 30 heavy (non-hydrogen) atoms. The molecule has 1 unspecified atom stereocenters. The molecular formula is C28H45ClO. The molecule has 170 valence electrons. The topological polar surface area (TPSA) is 17.1 Å². The van der Waals surface area contributed by atoms with Gasteiger partial charge in [0.1, 0.15) is 0 Å². The fourth-order valence-electron chi connectivity index (χ4n) is 8.88. The number of hydrogen-bond acceptors (Lipinski definition) is 1. The molecule has 0 bridgehead atoms. The van der Waals surface area contributed by atoms with Crippen LogP contribution in [0, 0.1) is 52.3 Å². The van der Waals surface area contributed by atoms with Crippen molar-refractivity contribution in [1.29, 1.82) is 0 Å². The van der Waals surface area contributed by atoms with E-state index in [9.17, 15) is 4.79 Å². The van der Waals surface area contributed by atoms with Crippen molar-refractivity contribution in [2.75, 3.05) is 0 Å². The number of halogens is 1. The second kappa shape index (κ2) is 8.57. The van der Waals surface area contributed by atoms with Crippen LogP contribution in [0.15, 0.2) is 11.6 Å². The first-order valence-corrected chi connectivity index (χ1v) is 13.4. The maximum absolute atomic E-state index is 11.8. The lowest BCUT2D eigenvalue weighted by Crippen LogP contribution is -2.50. The van der Waals surface area contributed by atoms with Crippen LogP contribution in [0.5, 0.6) is 0 Å². The van der Waals surface area contributed by atoms with Crippen molar-refractivity contribution in [3.05, 3.63) is 11.6 Å². The summed E-state index contributed by atoms with van der Waals surface area (Å²) in [5, 5.41) is -0.110. The number of hydrogen-bond donors (Lipinski definition) is 0. The zero-order valence-electron chi connectivity index (χ0n) is 20.2. The predicted octanol–water partition coefficient (Wildman–Crippen LogP) is 8.41. The average molecular weight is 433 g/mol. The van der Waals surface area contributed by atoms with Gasteiger partial charge in [0.25, 0.3) is 0 Å². The van der Waals surface area contributed by atoms with Crippen LogP contribution in [0.1, 0.15) is 105 Å². The van der Waals surface area contributed by atoms with Gasteiger partial charge < -0.3 is 0 Å². The van der Waals surface area contributed by atoms with E-state index in [1.807, 2.05) is 0 Å². The van der Waals surface area contributed by atoms with E-state index in [4.69, 9.17) is 11.6 Å². The molecule has 1 nitrogen and oxygen atoms in total. The molecule has 2 heteroatoms. The van der Waals surface area contributed by atoms with Crippen molar-refractivity contribution in [2.24, 2.45) is 52.3 Å². The van der Waals surface area contributed by atoms with Crippen LogP contribution in [0.2, 0.25) is 0 Å². The highest BCUT2D eigenvalue weighted by Crippen LogP contribution is 2.67. The van der Waals surface area contributed by atoms with Crippen molar-refractivity contribution in [3.63, 3.8) is 0 Å². The smallest absolute Gasteiger partial charge is 0.225 e. The Hall–Kier alpha value is -0.300. The Balaban J connectivity index is 1.49. The van der Waals surface area contributed by atoms with Gasteiger partial charge >= 0.3 is 0 Å². The highest BCUT2D eigenvalue weighted by Gasteiger charge is 2.59. The number of allylic oxidation sites excluding steroid dienone is 2. The molecule has 0 N–H and O–H groups in total. The van der Waals surface area contributed by atoms with E-state index in [2.05, 4.69) is 40.7 Å². The van der Waals surface area contributed by atoms with Crippen LogP contribution in [-0.2, 0) is 4.79 Å². The SMILES string of the molecule is CC(C)CCC[C@@H](C)[C@H]1CC[C@H]2[C@@H]3CC=C4CC(C(=O)Cl)CC[C@]4(C)[C@H]3CC[C@]12C. The summed E-state index contributed by atoms with van der Waals surface area (Å²) in [7, 11) is 0.